The number of aryl methyl sites for hydroxylation is 1. The van der Waals surface area contributed by atoms with Gasteiger partial charge in [-0.25, -0.2) is 0 Å². The molecule has 2 amide bonds. The molecule has 0 bridgehead atoms. The van der Waals surface area contributed by atoms with Gasteiger partial charge in [0, 0.05) is 29.9 Å². The van der Waals surface area contributed by atoms with E-state index < -0.39 is 0 Å². The molecule has 1 aliphatic rings. The van der Waals surface area contributed by atoms with Crippen molar-refractivity contribution in [1.82, 2.24) is 15.4 Å². The second kappa shape index (κ2) is 6.92. The fourth-order valence-corrected chi connectivity index (χ4v) is 4.28. The summed E-state index contributed by atoms with van der Waals surface area (Å²) in [7, 11) is 0. The highest BCUT2D eigenvalue weighted by molar-refractivity contribution is 7.20. The van der Waals surface area contributed by atoms with Gasteiger partial charge in [-0.1, -0.05) is 23.4 Å². The number of nitrogens with zero attached hydrogens (tertiary/aromatic N) is 2. The predicted octanol–water partition coefficient (Wildman–Crippen LogP) is 2.77. The molecule has 0 radical (unpaired) electrons. The van der Waals surface area contributed by atoms with Crippen molar-refractivity contribution in [2.24, 2.45) is 0 Å². The summed E-state index contributed by atoms with van der Waals surface area (Å²) in [6, 6.07) is 11.7. The summed E-state index contributed by atoms with van der Waals surface area (Å²) >= 11 is 1.51. The molecule has 26 heavy (non-hydrogen) atoms. The minimum absolute atomic E-state index is 0.0196. The first-order chi connectivity index (χ1) is 12.6. The Hall–Kier alpha value is -2.67. The van der Waals surface area contributed by atoms with Gasteiger partial charge in [0.2, 0.25) is 5.91 Å². The van der Waals surface area contributed by atoms with Crippen molar-refractivity contribution in [3.8, 4) is 0 Å². The molecule has 1 N–H and O–H groups in total. The molecule has 0 saturated carbocycles. The first-order valence-corrected chi connectivity index (χ1v) is 9.39. The normalized spacial score (nSPS) is 17.0. The van der Waals surface area contributed by atoms with Crippen LogP contribution in [-0.2, 0) is 11.2 Å². The average Bonchev–Trinajstić information content (AvgIpc) is 3.33. The zero-order valence-corrected chi connectivity index (χ0v) is 15.2. The Morgan fingerprint density at radius 3 is 2.96 bits per heavy atom. The van der Waals surface area contributed by atoms with E-state index in [2.05, 4.69) is 10.5 Å². The molecule has 0 aliphatic carbocycles. The first kappa shape index (κ1) is 16.8. The quantitative estimate of drug-likeness (QED) is 0.767. The lowest BCUT2D eigenvalue weighted by Gasteiger charge is -2.16. The molecule has 1 aromatic carbocycles. The second-order valence-electron chi connectivity index (χ2n) is 6.56. The van der Waals surface area contributed by atoms with Crippen LogP contribution in [-0.4, -0.2) is 41.0 Å². The lowest BCUT2D eigenvalue weighted by Crippen LogP contribution is -2.39. The summed E-state index contributed by atoms with van der Waals surface area (Å²) in [5.41, 5.74) is 0.621. The highest BCUT2D eigenvalue weighted by atomic mass is 32.1. The van der Waals surface area contributed by atoms with Crippen molar-refractivity contribution in [3.05, 3.63) is 52.7 Å². The molecule has 134 valence electrons. The van der Waals surface area contributed by atoms with Crippen LogP contribution in [0.1, 0.15) is 27.5 Å². The predicted molar refractivity (Wildman–Crippen MR) is 99.2 cm³/mol. The monoisotopic (exact) mass is 369 g/mol. The van der Waals surface area contributed by atoms with E-state index in [1.54, 1.807) is 13.0 Å². The smallest absolute Gasteiger partial charge is 0.264 e. The molecule has 7 heteroatoms. The van der Waals surface area contributed by atoms with Crippen LogP contribution < -0.4 is 5.32 Å². The van der Waals surface area contributed by atoms with Crippen LogP contribution in [0, 0.1) is 6.92 Å². The van der Waals surface area contributed by atoms with Gasteiger partial charge in [-0.05, 0) is 30.9 Å². The largest absolute Gasteiger partial charge is 0.361 e. The van der Waals surface area contributed by atoms with E-state index in [0.717, 1.165) is 21.4 Å². The maximum absolute atomic E-state index is 12.7. The molecule has 4 rings (SSSR count). The first-order valence-electron chi connectivity index (χ1n) is 8.58. The molecule has 0 unspecified atom stereocenters. The van der Waals surface area contributed by atoms with Crippen LogP contribution in [0.15, 0.2) is 40.9 Å². The number of nitrogens with one attached hydrogen (secondary N) is 1. The lowest BCUT2D eigenvalue weighted by atomic mass is 10.2. The van der Waals surface area contributed by atoms with Crippen LogP contribution in [0.4, 0.5) is 0 Å². The number of carbonyl (C=O) groups excluding carboxylic acids is 2. The van der Waals surface area contributed by atoms with Gasteiger partial charge in [0.15, 0.2) is 0 Å². The number of fused-ring (bicyclic) bond motifs is 1. The van der Waals surface area contributed by atoms with Crippen LogP contribution in [0.3, 0.4) is 0 Å². The Morgan fingerprint density at radius 1 is 1.35 bits per heavy atom. The van der Waals surface area contributed by atoms with Crippen molar-refractivity contribution in [3.63, 3.8) is 0 Å². The summed E-state index contributed by atoms with van der Waals surface area (Å²) in [5.74, 6) is 0.628. The fraction of sp³-hybridized carbons (Fsp3) is 0.316. The maximum Gasteiger partial charge on any atom is 0.264 e. The highest BCUT2D eigenvalue weighted by Crippen LogP contribution is 2.27. The fourth-order valence-electron chi connectivity index (χ4n) is 3.25. The molecular formula is C19H19N3O3S. The van der Waals surface area contributed by atoms with E-state index >= 15 is 0 Å². The molecule has 6 nitrogen and oxygen atoms in total. The number of amides is 2. The standard InChI is InChI=1S/C19H19N3O3S/c1-12-8-15(21-25-12)10-18(23)20-14-6-7-22(11-14)19(24)17-9-13-4-2-3-5-16(13)26-17/h2-5,8-9,14H,6-7,10-11H2,1H3,(H,20,23)/t14-/m1/s1. The van der Waals surface area contributed by atoms with E-state index in [9.17, 15) is 9.59 Å². The third-order valence-corrected chi connectivity index (χ3v) is 5.60. The molecule has 1 saturated heterocycles. The number of benzene rings is 1. The molecule has 3 heterocycles. The number of likely N-dealkylation sites (tertiary alicyclic amines) is 1. The molecule has 3 aromatic rings. The molecule has 1 aliphatic heterocycles. The third kappa shape index (κ3) is 3.48. The average molecular weight is 369 g/mol. The Balaban J connectivity index is 1.35. The second-order valence-corrected chi connectivity index (χ2v) is 7.64. The van der Waals surface area contributed by atoms with Crippen molar-refractivity contribution < 1.29 is 14.1 Å². The van der Waals surface area contributed by atoms with Crippen molar-refractivity contribution >= 4 is 33.2 Å². The van der Waals surface area contributed by atoms with E-state index in [1.165, 1.54) is 11.3 Å². The van der Waals surface area contributed by atoms with Crippen molar-refractivity contribution in [1.29, 1.82) is 0 Å². The summed E-state index contributed by atoms with van der Waals surface area (Å²) in [5, 5.41) is 7.91. The topological polar surface area (TPSA) is 75.4 Å². The van der Waals surface area contributed by atoms with Crippen molar-refractivity contribution in [2.75, 3.05) is 13.1 Å². The molecule has 1 fully saturated rings. The minimum Gasteiger partial charge on any atom is -0.361 e. The minimum atomic E-state index is -0.0977. The zero-order valence-electron chi connectivity index (χ0n) is 14.4. The summed E-state index contributed by atoms with van der Waals surface area (Å²) in [6.45, 7) is 2.99. The third-order valence-electron chi connectivity index (χ3n) is 4.50. The summed E-state index contributed by atoms with van der Waals surface area (Å²) in [4.78, 5) is 27.5. The van der Waals surface area contributed by atoms with Gasteiger partial charge >= 0.3 is 0 Å². The van der Waals surface area contributed by atoms with Gasteiger partial charge in [0.1, 0.15) is 5.76 Å². The van der Waals surface area contributed by atoms with E-state index in [-0.39, 0.29) is 24.3 Å². The molecule has 2 aromatic heterocycles. The summed E-state index contributed by atoms with van der Waals surface area (Å²) < 4.78 is 6.09. The van der Waals surface area contributed by atoms with E-state index in [4.69, 9.17) is 4.52 Å². The van der Waals surface area contributed by atoms with Gasteiger partial charge in [-0.3, -0.25) is 9.59 Å². The van der Waals surface area contributed by atoms with Gasteiger partial charge < -0.3 is 14.7 Å². The Kier molecular flexibility index (Phi) is 4.46. The molecule has 0 spiro atoms. The van der Waals surface area contributed by atoms with Gasteiger partial charge in [0.05, 0.1) is 17.0 Å². The Labute approximate surface area is 154 Å². The van der Waals surface area contributed by atoms with Crippen LogP contribution in [0.5, 0.6) is 0 Å². The highest BCUT2D eigenvalue weighted by Gasteiger charge is 2.29. The van der Waals surface area contributed by atoms with Crippen molar-refractivity contribution in [2.45, 2.75) is 25.8 Å². The van der Waals surface area contributed by atoms with Crippen LogP contribution in [0.2, 0.25) is 0 Å². The number of thiophene rings is 1. The zero-order chi connectivity index (χ0) is 18.1. The number of carbonyl (C=O) groups is 2. The van der Waals surface area contributed by atoms with Crippen LogP contribution >= 0.6 is 11.3 Å². The van der Waals surface area contributed by atoms with Gasteiger partial charge in [-0.15, -0.1) is 11.3 Å². The SMILES string of the molecule is Cc1cc(CC(=O)N[C@@H]2CCN(C(=O)c3cc4ccccc4s3)C2)no1. The van der Waals surface area contributed by atoms with Crippen LogP contribution in [0.25, 0.3) is 10.1 Å². The molecule has 1 atom stereocenters. The number of hydrogen-bond acceptors (Lipinski definition) is 5. The van der Waals surface area contributed by atoms with E-state index in [1.807, 2.05) is 35.2 Å². The lowest BCUT2D eigenvalue weighted by molar-refractivity contribution is -0.121. The Bertz CT molecular complexity index is 929. The van der Waals surface area contributed by atoms with E-state index in [0.29, 0.717) is 24.5 Å². The number of aromatic nitrogens is 1. The number of rotatable bonds is 4. The maximum atomic E-state index is 12.7. The summed E-state index contributed by atoms with van der Waals surface area (Å²) in [6.07, 6.45) is 0.957. The van der Waals surface area contributed by atoms with Gasteiger partial charge in [0.25, 0.3) is 5.91 Å². The van der Waals surface area contributed by atoms with Gasteiger partial charge in [-0.2, -0.15) is 0 Å². The Morgan fingerprint density at radius 2 is 2.19 bits per heavy atom. The molecular weight excluding hydrogens is 350 g/mol. The number of hydrogen-bond donors (Lipinski definition) is 1.